The summed E-state index contributed by atoms with van der Waals surface area (Å²) in [7, 11) is 0. The number of carboxylic acids is 1. The van der Waals surface area contributed by atoms with E-state index in [9.17, 15) is 9.90 Å². The summed E-state index contributed by atoms with van der Waals surface area (Å²) in [4.78, 5) is 16.8. The van der Waals surface area contributed by atoms with E-state index in [0.29, 0.717) is 18.8 Å². The number of carbonyl (C=O) groups is 1. The van der Waals surface area contributed by atoms with Crippen molar-refractivity contribution in [3.63, 3.8) is 0 Å². The Morgan fingerprint density at radius 3 is 2.55 bits per heavy atom. The van der Waals surface area contributed by atoms with E-state index in [-0.39, 0.29) is 5.56 Å². The zero-order chi connectivity index (χ0) is 29.1. The first-order valence-corrected chi connectivity index (χ1v) is 14.7. The van der Waals surface area contributed by atoms with Crippen molar-refractivity contribution in [3.8, 4) is 0 Å². The van der Waals surface area contributed by atoms with Crippen LogP contribution in [0, 0.1) is 0 Å². The van der Waals surface area contributed by atoms with Crippen LogP contribution in [-0.2, 0) is 32.2 Å². The van der Waals surface area contributed by atoms with Crippen LogP contribution in [0.2, 0.25) is 0 Å². The number of carboxylic acid groups (broad SMARTS) is 1. The zero-order valence-electron chi connectivity index (χ0n) is 23.0. The molecule has 9 heteroatoms. The molecule has 0 atom stereocenters. The van der Waals surface area contributed by atoms with Gasteiger partial charge in [-0.05, 0) is 71.5 Å². The van der Waals surface area contributed by atoms with Gasteiger partial charge in [-0.1, -0.05) is 54.6 Å². The molecule has 2 heterocycles. The number of aromatic nitrogens is 2. The highest BCUT2D eigenvalue weighted by Gasteiger charge is 2.20. The van der Waals surface area contributed by atoms with Crippen molar-refractivity contribution in [2.24, 2.45) is 16.1 Å². The van der Waals surface area contributed by atoms with Crippen molar-refractivity contribution in [2.45, 2.75) is 38.6 Å². The number of amidine groups is 1. The molecule has 5 N–H and O–H groups in total. The highest BCUT2D eigenvalue weighted by Crippen LogP contribution is 2.32. The van der Waals surface area contributed by atoms with Crippen LogP contribution in [0.1, 0.15) is 38.6 Å². The molecule has 4 aromatic carbocycles. The lowest BCUT2D eigenvalue weighted by Gasteiger charge is -2.12. The van der Waals surface area contributed by atoms with Crippen LogP contribution in [-0.4, -0.2) is 26.5 Å². The molecule has 0 saturated carbocycles. The summed E-state index contributed by atoms with van der Waals surface area (Å²) in [5.41, 5.74) is 17.1. The molecule has 8 nitrogen and oxygen atoms in total. The Morgan fingerprint density at radius 1 is 0.929 bits per heavy atom. The van der Waals surface area contributed by atoms with E-state index >= 15 is 0 Å². The van der Waals surface area contributed by atoms with Crippen molar-refractivity contribution in [2.75, 3.05) is 0 Å². The average molecular weight is 576 g/mol. The summed E-state index contributed by atoms with van der Waals surface area (Å²) in [5, 5.41) is 21.4. The predicted molar refractivity (Wildman–Crippen MR) is 168 cm³/mol. The second kappa shape index (κ2) is 11.9. The van der Waals surface area contributed by atoms with Crippen LogP contribution in [0.5, 0.6) is 0 Å². The van der Waals surface area contributed by atoms with Crippen LogP contribution in [0.4, 0.5) is 0 Å². The molecule has 0 bridgehead atoms. The molecule has 0 spiro atoms. The third-order valence-corrected chi connectivity index (χ3v) is 8.80. The van der Waals surface area contributed by atoms with Crippen LogP contribution in [0.25, 0.3) is 31.9 Å². The molecular weight excluding hydrogens is 544 g/mol. The third kappa shape index (κ3) is 5.64. The molecular formula is C33H31N6O2S+. The Kier molecular flexibility index (Phi) is 7.74. The summed E-state index contributed by atoms with van der Waals surface area (Å²) in [6.07, 6.45) is 3.57. The van der Waals surface area contributed by atoms with E-state index in [2.05, 4.69) is 57.4 Å². The maximum absolute atomic E-state index is 12.0. The average Bonchev–Trinajstić information content (AvgIpc) is 3.55. The summed E-state index contributed by atoms with van der Waals surface area (Å²) in [6.45, 7) is 0.568. The fraction of sp³-hybridized carbons (Fsp3) is 0.182. The number of nitrogens with zero attached hydrogens (tertiary/aromatic N) is 4. The SMILES string of the molecule is N/C(CCn1c(CCc2nc3ccccc3s2)c(CCc2ccc3ccccc3c2)c2cc(C(=O)O)ccc21)=N\N=[NH2+]. The lowest BCUT2D eigenvalue weighted by atomic mass is 9.97. The highest BCUT2D eigenvalue weighted by atomic mass is 32.1. The fourth-order valence-electron chi connectivity index (χ4n) is 5.70. The van der Waals surface area contributed by atoms with Crippen LogP contribution in [0.3, 0.4) is 0 Å². The number of benzene rings is 4. The Labute approximate surface area is 246 Å². The first-order chi connectivity index (χ1) is 20.5. The van der Waals surface area contributed by atoms with Crippen LogP contribution in [0.15, 0.2) is 95.3 Å². The predicted octanol–water partition coefficient (Wildman–Crippen LogP) is 5.55. The molecule has 6 rings (SSSR count). The first kappa shape index (κ1) is 27.3. The molecule has 0 saturated heterocycles. The van der Waals surface area contributed by atoms with Gasteiger partial charge in [0.05, 0.1) is 32.3 Å². The van der Waals surface area contributed by atoms with Crippen LogP contribution < -0.4 is 11.3 Å². The molecule has 0 aliphatic heterocycles. The van der Waals surface area contributed by atoms with Gasteiger partial charge in [0.15, 0.2) is 0 Å². The number of hydrogen-bond donors (Lipinski definition) is 3. The molecule has 2 aromatic heterocycles. The molecule has 0 aliphatic rings. The minimum atomic E-state index is -0.943. The highest BCUT2D eigenvalue weighted by molar-refractivity contribution is 7.18. The summed E-state index contributed by atoms with van der Waals surface area (Å²) in [6, 6.07) is 28.5. The lowest BCUT2D eigenvalue weighted by Crippen LogP contribution is -2.24. The van der Waals surface area contributed by atoms with Gasteiger partial charge in [0.25, 0.3) is 0 Å². The molecule has 0 amide bonds. The van der Waals surface area contributed by atoms with Gasteiger partial charge >= 0.3 is 5.97 Å². The molecule has 210 valence electrons. The number of hydrogen-bond acceptors (Lipinski definition) is 4. The van der Waals surface area contributed by atoms with Gasteiger partial charge in [-0.3, -0.25) is 0 Å². The first-order valence-electron chi connectivity index (χ1n) is 13.9. The topological polar surface area (TPSA) is 131 Å². The van der Waals surface area contributed by atoms with Crippen molar-refractivity contribution in [1.82, 2.24) is 9.55 Å². The van der Waals surface area contributed by atoms with Gasteiger partial charge in [-0.2, -0.15) is 5.53 Å². The Hall–Kier alpha value is -4.89. The summed E-state index contributed by atoms with van der Waals surface area (Å²) in [5.74, 6) is -0.599. The van der Waals surface area contributed by atoms with Gasteiger partial charge in [0.2, 0.25) is 5.84 Å². The number of rotatable bonds is 11. The van der Waals surface area contributed by atoms with Gasteiger partial charge in [-0.15, -0.1) is 11.3 Å². The molecule has 0 radical (unpaired) electrons. The Bertz CT molecular complexity index is 1940. The number of fused-ring (bicyclic) bond motifs is 3. The minimum absolute atomic E-state index is 0.271. The number of aromatic carboxylic acids is 1. The summed E-state index contributed by atoms with van der Waals surface area (Å²) >= 11 is 1.71. The van der Waals surface area contributed by atoms with Crippen molar-refractivity contribution >= 4 is 55.0 Å². The second-order valence-electron chi connectivity index (χ2n) is 10.3. The van der Waals surface area contributed by atoms with Gasteiger partial charge in [0, 0.05) is 29.6 Å². The maximum Gasteiger partial charge on any atom is 0.335 e. The molecule has 42 heavy (non-hydrogen) atoms. The largest absolute Gasteiger partial charge is 0.478 e. The van der Waals surface area contributed by atoms with Crippen molar-refractivity contribution in [1.29, 1.82) is 0 Å². The number of para-hydroxylation sites is 1. The maximum atomic E-state index is 12.0. The molecule has 6 aromatic rings. The second-order valence-corrected chi connectivity index (χ2v) is 11.4. The number of thiazole rings is 1. The Morgan fingerprint density at radius 2 is 1.74 bits per heavy atom. The normalized spacial score (nSPS) is 12.0. The minimum Gasteiger partial charge on any atom is -0.478 e. The van der Waals surface area contributed by atoms with Gasteiger partial charge in [-0.25, -0.2) is 9.78 Å². The third-order valence-electron chi connectivity index (χ3n) is 7.70. The van der Waals surface area contributed by atoms with E-state index in [1.54, 1.807) is 23.5 Å². The van der Waals surface area contributed by atoms with Crippen molar-refractivity contribution in [3.05, 3.63) is 112 Å². The van der Waals surface area contributed by atoms with Crippen LogP contribution >= 0.6 is 11.3 Å². The van der Waals surface area contributed by atoms with E-state index in [0.717, 1.165) is 58.4 Å². The lowest BCUT2D eigenvalue weighted by molar-refractivity contribution is -0.221. The van der Waals surface area contributed by atoms with E-state index in [4.69, 9.17) is 16.2 Å². The number of nitrogens with two attached hydrogens (primary N) is 2. The van der Waals surface area contributed by atoms with Gasteiger partial charge < -0.3 is 15.4 Å². The van der Waals surface area contributed by atoms with E-state index in [1.165, 1.54) is 21.0 Å². The van der Waals surface area contributed by atoms with Gasteiger partial charge in [0.1, 0.15) is 5.22 Å². The molecule has 0 unspecified atom stereocenters. The molecule has 0 fully saturated rings. The Balaban J connectivity index is 1.41. The smallest absolute Gasteiger partial charge is 0.335 e. The van der Waals surface area contributed by atoms with E-state index < -0.39 is 5.97 Å². The van der Waals surface area contributed by atoms with E-state index in [1.807, 2.05) is 30.3 Å². The monoisotopic (exact) mass is 575 g/mol. The standard InChI is InChI=1S/C33H30N6O2S/c34-31(37-38-35)17-18-39-28(15-16-32-36-27-7-3-4-8-30(27)42-32)25(26-20-24(33(40)41)12-14-29(26)39)13-10-21-9-11-22-5-1-2-6-23(22)19-21/h1-9,11-12,14,19-20H,10,13,15-18H2,(H,40,41)(H3,34,35,37)/p+1. The zero-order valence-corrected chi connectivity index (χ0v) is 23.8. The fourth-order valence-corrected chi connectivity index (χ4v) is 6.66. The van der Waals surface area contributed by atoms with Crippen molar-refractivity contribution < 1.29 is 15.4 Å². The number of aryl methyl sites for hydroxylation is 4. The quantitative estimate of drug-likeness (QED) is 0.0809. The summed E-state index contributed by atoms with van der Waals surface area (Å²) < 4.78 is 3.42. The molecule has 0 aliphatic carbocycles.